The smallest absolute Gasteiger partial charge is 0.338 e. The number of benzene rings is 3. The van der Waals surface area contributed by atoms with Gasteiger partial charge in [0.05, 0.1) is 17.0 Å². The fraction of sp³-hybridized carbons (Fsp3) is 0.0833. The second-order valence-electron chi connectivity index (χ2n) is 6.94. The van der Waals surface area contributed by atoms with Crippen molar-refractivity contribution < 1.29 is 23.9 Å². The van der Waals surface area contributed by atoms with Gasteiger partial charge in [-0.2, -0.15) is 0 Å². The molecule has 0 saturated heterocycles. The van der Waals surface area contributed by atoms with Gasteiger partial charge in [0, 0.05) is 21.7 Å². The SMILES string of the molecule is O=C1CSc2ccc(C(=O)OCC(=O)c3ccc(NC(=O)c4ccccc4)cc3)cc2N1. The third-order valence-electron chi connectivity index (χ3n) is 4.68. The van der Waals surface area contributed by atoms with E-state index < -0.39 is 12.6 Å². The van der Waals surface area contributed by atoms with Crippen molar-refractivity contribution in [1.29, 1.82) is 0 Å². The van der Waals surface area contributed by atoms with Crippen LogP contribution in [0.2, 0.25) is 0 Å². The first-order valence-corrected chi connectivity index (χ1v) is 10.7. The quantitative estimate of drug-likeness (QED) is 0.438. The summed E-state index contributed by atoms with van der Waals surface area (Å²) in [6.07, 6.45) is 0. The van der Waals surface area contributed by atoms with E-state index in [2.05, 4.69) is 10.6 Å². The number of hydrogen-bond donors (Lipinski definition) is 2. The van der Waals surface area contributed by atoms with Crippen LogP contribution in [0.1, 0.15) is 31.1 Å². The van der Waals surface area contributed by atoms with Gasteiger partial charge in [0.15, 0.2) is 12.4 Å². The summed E-state index contributed by atoms with van der Waals surface area (Å²) < 4.78 is 5.14. The van der Waals surface area contributed by atoms with Crippen molar-refractivity contribution in [1.82, 2.24) is 0 Å². The Balaban J connectivity index is 1.33. The van der Waals surface area contributed by atoms with E-state index >= 15 is 0 Å². The zero-order valence-corrected chi connectivity index (χ0v) is 17.6. The van der Waals surface area contributed by atoms with Crippen LogP contribution in [-0.4, -0.2) is 35.9 Å². The second kappa shape index (κ2) is 9.49. The molecule has 0 fully saturated rings. The van der Waals surface area contributed by atoms with Gasteiger partial charge in [-0.05, 0) is 54.6 Å². The Kier molecular flexibility index (Phi) is 6.32. The minimum Gasteiger partial charge on any atom is -0.454 e. The lowest BCUT2D eigenvalue weighted by Crippen LogP contribution is -2.19. The molecule has 4 rings (SSSR count). The van der Waals surface area contributed by atoms with Crippen LogP contribution in [0.5, 0.6) is 0 Å². The number of nitrogens with one attached hydrogen (secondary N) is 2. The summed E-state index contributed by atoms with van der Waals surface area (Å²) in [5, 5.41) is 5.47. The lowest BCUT2D eigenvalue weighted by molar-refractivity contribution is -0.113. The van der Waals surface area contributed by atoms with Crippen LogP contribution >= 0.6 is 11.8 Å². The number of esters is 1. The first kappa shape index (κ1) is 21.3. The van der Waals surface area contributed by atoms with Crippen molar-refractivity contribution in [3.05, 3.63) is 89.5 Å². The Morgan fingerprint density at radius 3 is 2.38 bits per heavy atom. The van der Waals surface area contributed by atoms with Crippen LogP contribution in [0.3, 0.4) is 0 Å². The molecule has 0 unspecified atom stereocenters. The molecule has 8 heteroatoms. The lowest BCUT2D eigenvalue weighted by Gasteiger charge is -2.16. The van der Waals surface area contributed by atoms with Crippen molar-refractivity contribution in [2.45, 2.75) is 4.90 Å². The van der Waals surface area contributed by atoms with E-state index in [1.54, 1.807) is 60.7 Å². The molecule has 2 amide bonds. The van der Waals surface area contributed by atoms with Crippen LogP contribution in [0.25, 0.3) is 0 Å². The summed E-state index contributed by atoms with van der Waals surface area (Å²) in [7, 11) is 0. The van der Waals surface area contributed by atoms with Crippen LogP contribution < -0.4 is 10.6 Å². The van der Waals surface area contributed by atoms with Gasteiger partial charge in [-0.3, -0.25) is 14.4 Å². The standard InChI is InChI=1S/C24H18N2O5S/c27-20(13-31-24(30)17-8-11-21-19(12-17)26-22(28)14-32-21)15-6-9-18(10-7-15)25-23(29)16-4-2-1-3-5-16/h1-12H,13-14H2,(H,25,29)(H,26,28). The molecule has 0 radical (unpaired) electrons. The van der Waals surface area contributed by atoms with Crippen molar-refractivity contribution in [3.8, 4) is 0 Å². The number of Topliss-reactive ketones (excluding diaryl/α,β-unsaturated/α-hetero) is 1. The molecular formula is C24H18N2O5S. The molecule has 2 N–H and O–H groups in total. The topological polar surface area (TPSA) is 102 Å². The summed E-state index contributed by atoms with van der Waals surface area (Å²) in [6, 6.07) is 20.0. The highest BCUT2D eigenvalue weighted by molar-refractivity contribution is 8.00. The highest BCUT2D eigenvalue weighted by Gasteiger charge is 2.18. The van der Waals surface area contributed by atoms with E-state index in [0.29, 0.717) is 28.3 Å². The first-order chi connectivity index (χ1) is 15.5. The Hall–Kier alpha value is -3.91. The fourth-order valence-electron chi connectivity index (χ4n) is 3.04. The molecule has 160 valence electrons. The maximum Gasteiger partial charge on any atom is 0.338 e. The molecule has 3 aromatic carbocycles. The minimum absolute atomic E-state index is 0.133. The van der Waals surface area contributed by atoms with Gasteiger partial charge in [-0.25, -0.2) is 4.79 Å². The predicted octanol–water partition coefficient (Wildman–Crippen LogP) is 4.02. The largest absolute Gasteiger partial charge is 0.454 e. The summed E-state index contributed by atoms with van der Waals surface area (Å²) >= 11 is 1.39. The van der Waals surface area contributed by atoms with Gasteiger partial charge in [-0.1, -0.05) is 18.2 Å². The van der Waals surface area contributed by atoms with E-state index in [1.807, 2.05) is 6.07 Å². The number of thioether (sulfide) groups is 1. The van der Waals surface area contributed by atoms with E-state index in [1.165, 1.54) is 17.8 Å². The number of hydrogen-bond acceptors (Lipinski definition) is 6. The maximum absolute atomic E-state index is 12.4. The zero-order valence-electron chi connectivity index (χ0n) is 16.8. The molecule has 1 aliphatic rings. The molecule has 1 aliphatic heterocycles. The molecule has 0 spiro atoms. The summed E-state index contributed by atoms with van der Waals surface area (Å²) in [6.45, 7) is -0.424. The molecule has 0 aromatic heterocycles. The number of carbonyl (C=O) groups excluding carboxylic acids is 4. The lowest BCUT2D eigenvalue weighted by atomic mass is 10.1. The molecule has 32 heavy (non-hydrogen) atoms. The number of anilines is 2. The Morgan fingerprint density at radius 2 is 1.62 bits per heavy atom. The highest BCUT2D eigenvalue weighted by atomic mass is 32.2. The van der Waals surface area contributed by atoms with Crippen molar-refractivity contribution in [2.75, 3.05) is 23.0 Å². The number of carbonyl (C=O) groups is 4. The van der Waals surface area contributed by atoms with E-state index in [0.717, 1.165) is 4.90 Å². The van der Waals surface area contributed by atoms with Gasteiger partial charge < -0.3 is 15.4 Å². The van der Waals surface area contributed by atoms with Gasteiger partial charge >= 0.3 is 5.97 Å². The van der Waals surface area contributed by atoms with Crippen LogP contribution in [-0.2, 0) is 9.53 Å². The molecular weight excluding hydrogens is 428 g/mol. The monoisotopic (exact) mass is 446 g/mol. The Morgan fingerprint density at radius 1 is 0.906 bits per heavy atom. The summed E-state index contributed by atoms with van der Waals surface area (Å²) in [5.74, 6) is -1.08. The van der Waals surface area contributed by atoms with Gasteiger partial charge in [0.1, 0.15) is 0 Å². The van der Waals surface area contributed by atoms with Crippen LogP contribution in [0, 0.1) is 0 Å². The normalized spacial score (nSPS) is 12.3. The zero-order chi connectivity index (χ0) is 22.5. The molecule has 0 saturated carbocycles. The highest BCUT2D eigenvalue weighted by Crippen LogP contribution is 2.32. The minimum atomic E-state index is -0.655. The van der Waals surface area contributed by atoms with E-state index in [4.69, 9.17) is 4.74 Å². The maximum atomic E-state index is 12.4. The third-order valence-corrected chi connectivity index (χ3v) is 5.76. The first-order valence-electron chi connectivity index (χ1n) is 9.73. The Bertz CT molecular complexity index is 1190. The van der Waals surface area contributed by atoms with E-state index in [9.17, 15) is 19.2 Å². The molecule has 0 atom stereocenters. The Labute approximate surface area is 188 Å². The van der Waals surface area contributed by atoms with Gasteiger partial charge in [0.2, 0.25) is 5.91 Å². The number of ether oxygens (including phenoxy) is 1. The number of rotatable bonds is 6. The summed E-state index contributed by atoms with van der Waals surface area (Å²) in [4.78, 5) is 49.3. The molecule has 1 heterocycles. The van der Waals surface area contributed by atoms with Crippen molar-refractivity contribution in [3.63, 3.8) is 0 Å². The summed E-state index contributed by atoms with van der Waals surface area (Å²) in [5.41, 5.74) is 2.23. The molecule has 7 nitrogen and oxygen atoms in total. The van der Waals surface area contributed by atoms with Gasteiger partial charge in [-0.15, -0.1) is 11.8 Å². The van der Waals surface area contributed by atoms with E-state index in [-0.39, 0.29) is 23.2 Å². The average Bonchev–Trinajstić information content (AvgIpc) is 2.82. The fourth-order valence-corrected chi connectivity index (χ4v) is 3.83. The van der Waals surface area contributed by atoms with Gasteiger partial charge in [0.25, 0.3) is 5.91 Å². The number of ketones is 1. The predicted molar refractivity (Wildman–Crippen MR) is 121 cm³/mol. The van der Waals surface area contributed by atoms with Crippen LogP contribution in [0.15, 0.2) is 77.7 Å². The number of amides is 2. The van der Waals surface area contributed by atoms with Crippen molar-refractivity contribution in [2.24, 2.45) is 0 Å². The second-order valence-corrected chi connectivity index (χ2v) is 7.96. The number of fused-ring (bicyclic) bond motifs is 1. The molecule has 0 bridgehead atoms. The average molecular weight is 446 g/mol. The molecule has 0 aliphatic carbocycles. The van der Waals surface area contributed by atoms with Crippen molar-refractivity contribution >= 4 is 46.7 Å². The third kappa shape index (κ3) is 5.04. The molecule has 3 aromatic rings. The van der Waals surface area contributed by atoms with Crippen LogP contribution in [0.4, 0.5) is 11.4 Å².